The number of carbonyl (C=O) groups is 2. The zero-order chi connectivity index (χ0) is 25.2. The number of benzene rings is 2. The lowest BCUT2D eigenvalue weighted by molar-refractivity contribution is -0.136. The number of carbonyl (C=O) groups excluding carboxylic acids is 2. The smallest absolute Gasteiger partial charge is 0.254 e. The maximum atomic E-state index is 13.7. The van der Waals surface area contributed by atoms with Crippen LogP contribution in [-0.2, 0) is 11.2 Å². The van der Waals surface area contributed by atoms with Gasteiger partial charge in [0.2, 0.25) is 5.91 Å². The first kappa shape index (κ1) is 24.9. The van der Waals surface area contributed by atoms with Gasteiger partial charge in [-0.25, -0.2) is 4.39 Å². The van der Waals surface area contributed by atoms with Crippen molar-refractivity contribution in [1.82, 2.24) is 9.80 Å². The molecule has 0 spiro atoms. The highest BCUT2D eigenvalue weighted by atomic mass is 32.1. The zero-order valence-corrected chi connectivity index (χ0v) is 21.4. The third-order valence-electron chi connectivity index (χ3n) is 6.28. The normalized spacial score (nSPS) is 15.5. The molecule has 1 aromatic heterocycles. The predicted molar refractivity (Wildman–Crippen MR) is 136 cm³/mol. The number of hydrogen-bond acceptors (Lipinski definition) is 4. The van der Waals surface area contributed by atoms with E-state index in [1.165, 1.54) is 17.0 Å². The molecule has 35 heavy (non-hydrogen) atoms. The second-order valence-electron chi connectivity index (χ2n) is 9.85. The molecule has 0 unspecified atom stereocenters. The van der Waals surface area contributed by atoms with Crippen LogP contribution >= 0.6 is 11.3 Å². The third kappa shape index (κ3) is 5.73. The summed E-state index contributed by atoms with van der Waals surface area (Å²) in [6.45, 7) is 8.58. The van der Waals surface area contributed by atoms with Gasteiger partial charge in [0, 0.05) is 22.5 Å². The number of thiophene rings is 1. The van der Waals surface area contributed by atoms with Gasteiger partial charge in [-0.3, -0.25) is 9.59 Å². The van der Waals surface area contributed by atoms with E-state index in [4.69, 9.17) is 4.74 Å². The third-order valence-corrected chi connectivity index (χ3v) is 7.28. The molecule has 2 aromatic carbocycles. The maximum absolute atomic E-state index is 13.7. The number of ether oxygens (including phenoxy) is 1. The van der Waals surface area contributed by atoms with Crippen LogP contribution in [0, 0.1) is 12.7 Å². The standard InChI is InChI=1S/C28H31FN2O3S/c1-19-5-7-20(8-6-19)27(33)31(28(2,3)4)17-26(32)30-15-13-25-23(14-16-35-25)24(30)18-34-22-11-9-21(29)10-12-22/h5-12,14,16,24H,13,15,17-18H2,1-4H3/t24-/m1/s1. The van der Waals surface area contributed by atoms with Crippen molar-refractivity contribution in [3.63, 3.8) is 0 Å². The molecule has 0 bridgehead atoms. The summed E-state index contributed by atoms with van der Waals surface area (Å²) in [6.07, 6.45) is 0.771. The van der Waals surface area contributed by atoms with Crippen LogP contribution in [0.1, 0.15) is 53.2 Å². The molecule has 1 aliphatic rings. The minimum absolute atomic E-state index is 0.0251. The van der Waals surface area contributed by atoms with Gasteiger partial charge in [-0.15, -0.1) is 11.3 Å². The quantitative estimate of drug-likeness (QED) is 0.446. The fourth-order valence-electron chi connectivity index (χ4n) is 4.27. The molecule has 0 N–H and O–H groups in total. The van der Waals surface area contributed by atoms with Crippen LogP contribution in [0.15, 0.2) is 60.0 Å². The van der Waals surface area contributed by atoms with Crippen LogP contribution in [0.25, 0.3) is 0 Å². The molecule has 2 amide bonds. The summed E-state index contributed by atoms with van der Waals surface area (Å²) in [5.74, 6) is -0.0670. The topological polar surface area (TPSA) is 49.9 Å². The molecule has 0 fully saturated rings. The van der Waals surface area contributed by atoms with Gasteiger partial charge in [0.1, 0.15) is 24.7 Å². The van der Waals surface area contributed by atoms with Crippen molar-refractivity contribution < 1.29 is 18.7 Å². The molecule has 0 saturated carbocycles. The van der Waals surface area contributed by atoms with Crippen LogP contribution in [0.4, 0.5) is 4.39 Å². The number of hydrogen-bond donors (Lipinski definition) is 0. The van der Waals surface area contributed by atoms with Gasteiger partial charge >= 0.3 is 0 Å². The summed E-state index contributed by atoms with van der Waals surface area (Å²) in [6, 6.07) is 15.1. The van der Waals surface area contributed by atoms with E-state index in [1.54, 1.807) is 40.5 Å². The van der Waals surface area contributed by atoms with E-state index in [-0.39, 0.29) is 36.8 Å². The van der Waals surface area contributed by atoms with Crippen LogP contribution in [-0.4, -0.2) is 46.8 Å². The molecule has 7 heteroatoms. The number of fused-ring (bicyclic) bond motifs is 1. The van der Waals surface area contributed by atoms with Crippen molar-refractivity contribution in [2.75, 3.05) is 19.7 Å². The number of nitrogens with zero attached hydrogens (tertiary/aromatic N) is 2. The summed E-state index contributed by atoms with van der Waals surface area (Å²) < 4.78 is 19.3. The Balaban J connectivity index is 1.55. The molecule has 184 valence electrons. The molecular formula is C28H31FN2O3S. The van der Waals surface area contributed by atoms with Crippen LogP contribution < -0.4 is 4.74 Å². The second-order valence-corrected chi connectivity index (χ2v) is 10.8. The molecule has 4 rings (SSSR count). The van der Waals surface area contributed by atoms with Gasteiger partial charge in [0.05, 0.1) is 6.04 Å². The molecule has 0 radical (unpaired) electrons. The van der Waals surface area contributed by atoms with Gasteiger partial charge in [-0.05, 0) is 87.5 Å². The number of rotatable bonds is 6. The summed E-state index contributed by atoms with van der Waals surface area (Å²) in [4.78, 5) is 31.8. The SMILES string of the molecule is Cc1ccc(C(=O)N(CC(=O)N2CCc3sccc3[C@H]2COc2ccc(F)cc2)C(C)(C)C)cc1. The van der Waals surface area contributed by atoms with Crippen molar-refractivity contribution in [2.45, 2.75) is 45.7 Å². The van der Waals surface area contributed by atoms with E-state index in [0.717, 1.165) is 17.5 Å². The van der Waals surface area contributed by atoms with E-state index in [0.29, 0.717) is 17.9 Å². The molecule has 0 saturated heterocycles. The number of halogens is 1. The molecular weight excluding hydrogens is 463 g/mol. The summed E-state index contributed by atoms with van der Waals surface area (Å²) >= 11 is 1.68. The minimum atomic E-state index is -0.541. The first-order valence-corrected chi connectivity index (χ1v) is 12.6. The molecule has 5 nitrogen and oxygen atoms in total. The second kappa shape index (κ2) is 10.2. The van der Waals surface area contributed by atoms with E-state index in [1.807, 2.05) is 56.2 Å². The van der Waals surface area contributed by atoms with Gasteiger partial charge in [0.15, 0.2) is 0 Å². The van der Waals surface area contributed by atoms with Gasteiger partial charge in [-0.2, -0.15) is 0 Å². The Morgan fingerprint density at radius 3 is 2.43 bits per heavy atom. The minimum Gasteiger partial charge on any atom is -0.491 e. The molecule has 2 heterocycles. The van der Waals surface area contributed by atoms with Crippen molar-refractivity contribution in [2.24, 2.45) is 0 Å². The van der Waals surface area contributed by atoms with E-state index < -0.39 is 5.54 Å². The monoisotopic (exact) mass is 494 g/mol. The van der Waals surface area contributed by atoms with Crippen molar-refractivity contribution >= 4 is 23.2 Å². The van der Waals surface area contributed by atoms with Gasteiger partial charge in [-0.1, -0.05) is 17.7 Å². The van der Waals surface area contributed by atoms with Crippen LogP contribution in [0.3, 0.4) is 0 Å². The Hall–Kier alpha value is -3.19. The first-order valence-electron chi connectivity index (χ1n) is 11.8. The average molecular weight is 495 g/mol. The lowest BCUT2D eigenvalue weighted by Crippen LogP contribution is -2.53. The molecule has 1 atom stereocenters. The number of aryl methyl sites for hydroxylation is 1. The maximum Gasteiger partial charge on any atom is 0.254 e. The fraction of sp³-hybridized carbons (Fsp3) is 0.357. The van der Waals surface area contributed by atoms with Gasteiger partial charge in [0.25, 0.3) is 5.91 Å². The van der Waals surface area contributed by atoms with E-state index in [9.17, 15) is 14.0 Å². The predicted octanol–water partition coefficient (Wildman–Crippen LogP) is 5.64. The summed E-state index contributed by atoms with van der Waals surface area (Å²) in [5, 5.41) is 2.03. The Bertz CT molecular complexity index is 1180. The first-order chi connectivity index (χ1) is 16.6. The molecule has 0 aliphatic carbocycles. The zero-order valence-electron chi connectivity index (χ0n) is 20.6. The summed E-state index contributed by atoms with van der Waals surface area (Å²) in [5.41, 5.74) is 2.17. The van der Waals surface area contributed by atoms with Crippen LogP contribution in [0.2, 0.25) is 0 Å². The Kier molecular flexibility index (Phi) is 7.26. The summed E-state index contributed by atoms with van der Waals surface area (Å²) in [7, 11) is 0. The van der Waals surface area contributed by atoms with E-state index in [2.05, 4.69) is 0 Å². The highest BCUT2D eigenvalue weighted by Crippen LogP contribution is 2.34. The highest BCUT2D eigenvalue weighted by molar-refractivity contribution is 7.10. The number of amides is 2. The lowest BCUT2D eigenvalue weighted by Gasteiger charge is -2.40. The van der Waals surface area contributed by atoms with Crippen molar-refractivity contribution in [3.8, 4) is 5.75 Å². The molecule has 3 aromatic rings. The highest BCUT2D eigenvalue weighted by Gasteiger charge is 2.36. The Morgan fingerprint density at radius 1 is 1.09 bits per heavy atom. The largest absolute Gasteiger partial charge is 0.491 e. The Labute approximate surface area is 210 Å². The van der Waals surface area contributed by atoms with Gasteiger partial charge < -0.3 is 14.5 Å². The fourth-order valence-corrected chi connectivity index (χ4v) is 5.20. The Morgan fingerprint density at radius 2 is 1.77 bits per heavy atom. The van der Waals surface area contributed by atoms with Crippen molar-refractivity contribution in [3.05, 3.63) is 87.4 Å². The lowest BCUT2D eigenvalue weighted by atomic mass is 9.99. The molecule has 1 aliphatic heterocycles. The van der Waals surface area contributed by atoms with Crippen molar-refractivity contribution in [1.29, 1.82) is 0 Å². The average Bonchev–Trinajstić information content (AvgIpc) is 3.30. The van der Waals surface area contributed by atoms with E-state index >= 15 is 0 Å². The van der Waals surface area contributed by atoms with Crippen LogP contribution in [0.5, 0.6) is 5.75 Å².